The van der Waals surface area contributed by atoms with Gasteiger partial charge in [0, 0.05) is 0 Å². The number of hydrogen-bond donors (Lipinski definition) is 0. The van der Waals surface area contributed by atoms with Crippen molar-refractivity contribution in [3.63, 3.8) is 0 Å². The molecule has 0 fully saturated rings. The third-order valence-electron chi connectivity index (χ3n) is 2.49. The summed E-state index contributed by atoms with van der Waals surface area (Å²) in [5.74, 6) is 0. The van der Waals surface area contributed by atoms with E-state index in [1.807, 2.05) is 6.07 Å². The van der Waals surface area contributed by atoms with Crippen molar-refractivity contribution >= 4 is 0 Å². The Bertz CT molecular complexity index is 398. The zero-order valence-electron chi connectivity index (χ0n) is 8.98. The van der Waals surface area contributed by atoms with Crippen molar-refractivity contribution < 1.29 is 0 Å². The summed E-state index contributed by atoms with van der Waals surface area (Å²) in [5, 5.41) is 0. The first kappa shape index (κ1) is 9.97. The van der Waals surface area contributed by atoms with Crippen molar-refractivity contribution in [2.75, 3.05) is 0 Å². The van der Waals surface area contributed by atoms with Crippen molar-refractivity contribution in [3.8, 4) is 0 Å². The monoisotopic (exact) mass is 195 g/mol. The highest BCUT2D eigenvalue weighted by Gasteiger charge is 1.95. The molecule has 0 aliphatic heterocycles. The van der Waals surface area contributed by atoms with Crippen molar-refractivity contribution in [3.05, 3.63) is 77.7 Å². The average Bonchev–Trinajstić information content (AvgIpc) is 2.30. The molecule has 0 unspecified atom stereocenters. The Morgan fingerprint density at radius 3 is 2.20 bits per heavy atom. The fraction of sp³-hybridized carbons (Fsp3) is 0.133. The van der Waals surface area contributed by atoms with Crippen LogP contribution >= 0.6 is 0 Å². The summed E-state index contributed by atoms with van der Waals surface area (Å²) in [5.41, 5.74) is 3.97. The van der Waals surface area contributed by atoms with Gasteiger partial charge in [-0.3, -0.25) is 0 Å². The minimum atomic E-state index is 1.00. The molecule has 0 heteroatoms. The SMILES string of the molecule is Cc1ccc(C[CH]c2ccccc2)cc1. The highest BCUT2D eigenvalue weighted by molar-refractivity contribution is 5.28. The molecule has 0 saturated heterocycles. The Morgan fingerprint density at radius 1 is 0.867 bits per heavy atom. The maximum absolute atomic E-state index is 2.25. The van der Waals surface area contributed by atoms with Crippen LogP contribution in [0.4, 0.5) is 0 Å². The first-order chi connectivity index (χ1) is 7.34. The third-order valence-corrected chi connectivity index (χ3v) is 2.49. The van der Waals surface area contributed by atoms with Crippen LogP contribution < -0.4 is 0 Å². The molecule has 75 valence electrons. The summed E-state index contributed by atoms with van der Waals surface area (Å²) in [4.78, 5) is 0. The molecule has 2 rings (SSSR count). The lowest BCUT2D eigenvalue weighted by atomic mass is 10.0. The lowest BCUT2D eigenvalue weighted by Gasteiger charge is -2.01. The molecule has 0 heterocycles. The summed E-state index contributed by atoms with van der Waals surface area (Å²) in [6, 6.07) is 19.2. The Balaban J connectivity index is 1.96. The average molecular weight is 195 g/mol. The molecule has 2 aromatic rings. The molecule has 0 spiro atoms. The van der Waals surface area contributed by atoms with Crippen LogP contribution in [0.1, 0.15) is 16.7 Å². The van der Waals surface area contributed by atoms with Crippen LogP contribution in [0.3, 0.4) is 0 Å². The predicted octanol–water partition coefficient (Wildman–Crippen LogP) is 3.79. The molecule has 0 aliphatic carbocycles. The zero-order valence-corrected chi connectivity index (χ0v) is 8.98. The predicted molar refractivity (Wildman–Crippen MR) is 64.7 cm³/mol. The standard InChI is InChI=1S/C15H15/c1-13-7-9-15(10-8-13)12-11-14-5-3-2-4-6-14/h2-11H,12H2,1H3. The second-order valence-corrected chi connectivity index (χ2v) is 3.80. The van der Waals surface area contributed by atoms with Gasteiger partial charge < -0.3 is 0 Å². The van der Waals surface area contributed by atoms with Crippen LogP contribution in [0, 0.1) is 13.3 Å². The van der Waals surface area contributed by atoms with Gasteiger partial charge in [0.15, 0.2) is 0 Å². The van der Waals surface area contributed by atoms with Gasteiger partial charge in [0.1, 0.15) is 0 Å². The van der Waals surface area contributed by atoms with E-state index in [-0.39, 0.29) is 0 Å². The zero-order chi connectivity index (χ0) is 10.5. The molecular weight excluding hydrogens is 180 g/mol. The highest BCUT2D eigenvalue weighted by atomic mass is 14.0. The van der Waals surface area contributed by atoms with E-state index in [1.54, 1.807) is 0 Å². The third kappa shape index (κ3) is 2.95. The Hall–Kier alpha value is -1.56. The quantitative estimate of drug-likeness (QED) is 0.699. The Kier molecular flexibility index (Phi) is 3.18. The first-order valence-corrected chi connectivity index (χ1v) is 5.28. The molecule has 0 aliphatic rings. The molecule has 0 N–H and O–H groups in total. The normalized spacial score (nSPS) is 10.2. The van der Waals surface area contributed by atoms with Gasteiger partial charge in [-0.1, -0.05) is 60.2 Å². The van der Waals surface area contributed by atoms with E-state index in [0.717, 1.165) is 6.42 Å². The van der Waals surface area contributed by atoms with Crippen molar-refractivity contribution in [1.82, 2.24) is 0 Å². The van der Waals surface area contributed by atoms with E-state index in [9.17, 15) is 0 Å². The maximum Gasteiger partial charge on any atom is -0.00494 e. The maximum atomic E-state index is 2.25. The summed E-state index contributed by atoms with van der Waals surface area (Å²) in [6.07, 6.45) is 3.26. The van der Waals surface area contributed by atoms with Gasteiger partial charge in [-0.25, -0.2) is 0 Å². The van der Waals surface area contributed by atoms with E-state index in [1.165, 1.54) is 16.7 Å². The summed E-state index contributed by atoms with van der Waals surface area (Å²) < 4.78 is 0. The lowest BCUT2D eigenvalue weighted by molar-refractivity contribution is 1.16. The second kappa shape index (κ2) is 4.79. The van der Waals surface area contributed by atoms with Gasteiger partial charge in [0.25, 0.3) is 0 Å². The largest absolute Gasteiger partial charge is 0.0622 e. The van der Waals surface area contributed by atoms with Crippen LogP contribution in [0.2, 0.25) is 0 Å². The number of rotatable bonds is 3. The summed E-state index contributed by atoms with van der Waals surface area (Å²) >= 11 is 0. The number of aryl methyl sites for hydroxylation is 1. The van der Waals surface area contributed by atoms with E-state index in [0.29, 0.717) is 0 Å². The van der Waals surface area contributed by atoms with Crippen LogP contribution in [-0.4, -0.2) is 0 Å². The molecule has 15 heavy (non-hydrogen) atoms. The van der Waals surface area contributed by atoms with E-state index in [2.05, 4.69) is 61.9 Å². The van der Waals surface area contributed by atoms with Gasteiger partial charge in [-0.2, -0.15) is 0 Å². The smallest absolute Gasteiger partial charge is 0.00494 e. The van der Waals surface area contributed by atoms with Gasteiger partial charge in [0.2, 0.25) is 0 Å². The van der Waals surface area contributed by atoms with Gasteiger partial charge in [0.05, 0.1) is 0 Å². The highest BCUT2D eigenvalue weighted by Crippen LogP contribution is 2.09. The topological polar surface area (TPSA) is 0 Å². The van der Waals surface area contributed by atoms with Gasteiger partial charge >= 0.3 is 0 Å². The van der Waals surface area contributed by atoms with E-state index >= 15 is 0 Å². The molecule has 0 amide bonds. The van der Waals surface area contributed by atoms with Gasteiger partial charge in [-0.05, 0) is 30.9 Å². The fourth-order valence-electron chi connectivity index (χ4n) is 1.55. The molecular formula is C15H15. The molecule has 0 bridgehead atoms. The second-order valence-electron chi connectivity index (χ2n) is 3.80. The Morgan fingerprint density at radius 2 is 1.53 bits per heavy atom. The molecule has 0 aromatic heterocycles. The Labute approximate surface area is 91.6 Å². The summed E-state index contributed by atoms with van der Waals surface area (Å²) in [7, 11) is 0. The van der Waals surface area contributed by atoms with E-state index in [4.69, 9.17) is 0 Å². The minimum absolute atomic E-state index is 1.00. The lowest BCUT2D eigenvalue weighted by Crippen LogP contribution is -1.88. The van der Waals surface area contributed by atoms with Crippen LogP contribution in [0.25, 0.3) is 0 Å². The van der Waals surface area contributed by atoms with Crippen molar-refractivity contribution in [2.24, 2.45) is 0 Å². The number of hydrogen-bond acceptors (Lipinski definition) is 0. The van der Waals surface area contributed by atoms with Crippen molar-refractivity contribution in [2.45, 2.75) is 13.3 Å². The fourth-order valence-corrected chi connectivity index (χ4v) is 1.55. The molecule has 1 radical (unpaired) electrons. The minimum Gasteiger partial charge on any atom is -0.0622 e. The van der Waals surface area contributed by atoms with Crippen LogP contribution in [0.15, 0.2) is 54.6 Å². The number of benzene rings is 2. The first-order valence-electron chi connectivity index (χ1n) is 5.28. The molecule has 0 nitrogen and oxygen atoms in total. The molecule has 0 atom stereocenters. The van der Waals surface area contributed by atoms with E-state index < -0.39 is 0 Å². The van der Waals surface area contributed by atoms with Crippen molar-refractivity contribution in [1.29, 1.82) is 0 Å². The summed E-state index contributed by atoms with van der Waals surface area (Å²) in [6.45, 7) is 2.12. The molecule has 0 saturated carbocycles. The van der Waals surface area contributed by atoms with Crippen LogP contribution in [0.5, 0.6) is 0 Å². The molecule has 2 aromatic carbocycles. The van der Waals surface area contributed by atoms with Gasteiger partial charge in [-0.15, -0.1) is 0 Å². The van der Waals surface area contributed by atoms with Crippen LogP contribution in [-0.2, 0) is 6.42 Å².